The van der Waals surface area contributed by atoms with E-state index < -0.39 is 0 Å². The molecule has 3 heterocycles. The summed E-state index contributed by atoms with van der Waals surface area (Å²) in [4.78, 5) is 0. The first-order valence-electron chi connectivity index (χ1n) is 8.42. The Labute approximate surface area is 151 Å². The molecule has 1 fully saturated rings. The number of rotatable bonds is 3. The smallest absolute Gasteiger partial charge is 0.133 e. The van der Waals surface area contributed by atoms with Gasteiger partial charge < -0.3 is 15.0 Å². The second kappa shape index (κ2) is 6.54. The summed E-state index contributed by atoms with van der Waals surface area (Å²) in [5.41, 5.74) is 0.725. The third kappa shape index (κ3) is 2.89. The van der Waals surface area contributed by atoms with E-state index in [1.165, 1.54) is 12.8 Å². The molecule has 5 nitrogen and oxygen atoms in total. The number of piperidine rings is 1. The van der Waals surface area contributed by atoms with Crippen LogP contribution in [-0.2, 0) is 19.4 Å². The van der Waals surface area contributed by atoms with Crippen LogP contribution in [-0.4, -0.2) is 33.0 Å². The molecule has 1 atom stereocenters. The van der Waals surface area contributed by atoms with Gasteiger partial charge in [0.1, 0.15) is 17.4 Å². The van der Waals surface area contributed by atoms with E-state index in [4.69, 9.17) is 23.2 Å². The number of nitrogens with one attached hydrogen (secondary N) is 1. The highest BCUT2D eigenvalue weighted by atomic mass is 35.5. The molecule has 1 unspecified atom stereocenters. The summed E-state index contributed by atoms with van der Waals surface area (Å²) < 4.78 is 2.20. The molecule has 2 N–H and O–H groups in total. The molecule has 0 amide bonds. The number of nitrogens with zero attached hydrogens (tertiary/aromatic N) is 3. The number of hydrogen-bond donors (Lipinski definition) is 2. The van der Waals surface area contributed by atoms with E-state index in [9.17, 15) is 5.11 Å². The van der Waals surface area contributed by atoms with Crippen molar-refractivity contribution in [3.8, 4) is 5.75 Å². The van der Waals surface area contributed by atoms with Crippen molar-refractivity contribution in [2.45, 2.75) is 38.1 Å². The Morgan fingerprint density at radius 3 is 2.79 bits per heavy atom. The summed E-state index contributed by atoms with van der Waals surface area (Å²) in [6.45, 7) is 2.91. The molecule has 128 valence electrons. The molecule has 1 aromatic carbocycles. The van der Waals surface area contributed by atoms with Gasteiger partial charge in [-0.05, 0) is 44.0 Å². The van der Waals surface area contributed by atoms with E-state index in [0.29, 0.717) is 16.0 Å². The number of halogens is 2. The van der Waals surface area contributed by atoms with E-state index in [2.05, 4.69) is 20.1 Å². The fourth-order valence-corrected chi connectivity index (χ4v) is 4.35. The minimum atomic E-state index is 0.0912. The zero-order chi connectivity index (χ0) is 16.7. The van der Waals surface area contributed by atoms with Gasteiger partial charge in [-0.15, -0.1) is 10.2 Å². The van der Waals surface area contributed by atoms with Crippen molar-refractivity contribution in [1.82, 2.24) is 20.1 Å². The predicted octanol–water partition coefficient (Wildman–Crippen LogP) is 3.17. The molecule has 24 heavy (non-hydrogen) atoms. The van der Waals surface area contributed by atoms with Gasteiger partial charge in [0.15, 0.2) is 0 Å². The largest absolute Gasteiger partial charge is 0.508 e. The van der Waals surface area contributed by atoms with Gasteiger partial charge in [-0.2, -0.15) is 0 Å². The Morgan fingerprint density at radius 1 is 1.21 bits per heavy atom. The summed E-state index contributed by atoms with van der Waals surface area (Å²) >= 11 is 12.5. The summed E-state index contributed by atoms with van der Waals surface area (Å²) in [5.74, 6) is 2.99. The molecule has 0 saturated carbocycles. The average molecular weight is 367 g/mol. The van der Waals surface area contributed by atoms with Crippen molar-refractivity contribution >= 4 is 23.2 Å². The molecule has 1 aromatic heterocycles. The van der Waals surface area contributed by atoms with Gasteiger partial charge in [0, 0.05) is 30.9 Å². The first-order valence-corrected chi connectivity index (χ1v) is 9.17. The van der Waals surface area contributed by atoms with Crippen LogP contribution in [0, 0.1) is 5.92 Å². The van der Waals surface area contributed by atoms with E-state index >= 15 is 0 Å². The van der Waals surface area contributed by atoms with Crippen LogP contribution in [0.1, 0.15) is 36.0 Å². The highest BCUT2D eigenvalue weighted by Gasteiger charge is 2.31. The van der Waals surface area contributed by atoms with Crippen LogP contribution >= 0.6 is 23.2 Å². The number of aromatic nitrogens is 3. The third-order valence-corrected chi connectivity index (χ3v) is 6.00. The van der Waals surface area contributed by atoms with E-state index in [1.807, 2.05) is 0 Å². The zero-order valence-electron chi connectivity index (χ0n) is 13.3. The zero-order valence-corrected chi connectivity index (χ0v) is 14.8. The molecular weight excluding hydrogens is 347 g/mol. The molecule has 0 spiro atoms. The molecule has 0 aliphatic carbocycles. The Hall–Kier alpha value is -1.30. The second-order valence-electron chi connectivity index (χ2n) is 6.74. The number of benzene rings is 1. The van der Waals surface area contributed by atoms with Crippen LogP contribution in [0.25, 0.3) is 0 Å². The Kier molecular flexibility index (Phi) is 4.41. The fourth-order valence-electron chi connectivity index (χ4n) is 3.87. The molecule has 2 aliphatic rings. The lowest BCUT2D eigenvalue weighted by Crippen LogP contribution is -2.29. The highest BCUT2D eigenvalue weighted by Crippen LogP contribution is 2.42. The maximum atomic E-state index is 10.2. The van der Waals surface area contributed by atoms with Gasteiger partial charge >= 0.3 is 0 Å². The van der Waals surface area contributed by atoms with Gasteiger partial charge in [-0.25, -0.2) is 0 Å². The fraction of sp³-hybridized carbons (Fsp3) is 0.529. The number of hydrogen-bond acceptors (Lipinski definition) is 4. The van der Waals surface area contributed by atoms with Gasteiger partial charge in [0.2, 0.25) is 0 Å². The van der Waals surface area contributed by atoms with Crippen molar-refractivity contribution in [3.63, 3.8) is 0 Å². The maximum absolute atomic E-state index is 10.2. The van der Waals surface area contributed by atoms with Crippen LogP contribution in [0.15, 0.2) is 12.1 Å². The van der Waals surface area contributed by atoms with Crippen LogP contribution in [0.3, 0.4) is 0 Å². The number of fused-ring (bicyclic) bond motifs is 1. The molecule has 4 rings (SSSR count). The van der Waals surface area contributed by atoms with E-state index in [0.717, 1.165) is 49.7 Å². The SMILES string of the molecule is Oc1ccc(Cl)c(Cl)c1C1Cc2nnc(CC3CCNCC3)n2C1. The minimum Gasteiger partial charge on any atom is -0.508 e. The molecule has 0 bridgehead atoms. The van der Waals surface area contributed by atoms with Gasteiger partial charge in [-0.3, -0.25) is 0 Å². The van der Waals surface area contributed by atoms with Crippen LogP contribution in [0.2, 0.25) is 10.0 Å². The normalized spacial score (nSPS) is 21.2. The molecule has 1 saturated heterocycles. The summed E-state index contributed by atoms with van der Waals surface area (Å²) in [6.07, 6.45) is 4.07. The number of aromatic hydroxyl groups is 1. The number of phenolic OH excluding ortho intramolecular Hbond substituents is 1. The molecule has 2 aliphatic heterocycles. The van der Waals surface area contributed by atoms with Crippen LogP contribution in [0.5, 0.6) is 5.75 Å². The monoisotopic (exact) mass is 366 g/mol. The second-order valence-corrected chi connectivity index (χ2v) is 7.52. The summed E-state index contributed by atoms with van der Waals surface area (Å²) in [5, 5.41) is 23.3. The summed E-state index contributed by atoms with van der Waals surface area (Å²) in [6, 6.07) is 3.24. The molecule has 2 aromatic rings. The molecule has 0 radical (unpaired) electrons. The standard InChI is InChI=1S/C17H20Cl2N4O/c18-12-1-2-13(24)16(17(12)19)11-8-15-22-21-14(23(15)9-11)7-10-3-5-20-6-4-10/h1-2,10-11,20,24H,3-9H2. The average Bonchev–Trinajstić information content (AvgIpc) is 3.15. The quantitative estimate of drug-likeness (QED) is 0.875. The lowest BCUT2D eigenvalue weighted by atomic mass is 9.94. The number of phenols is 1. The highest BCUT2D eigenvalue weighted by molar-refractivity contribution is 6.42. The lowest BCUT2D eigenvalue weighted by molar-refractivity contribution is 0.362. The molecule has 7 heteroatoms. The van der Waals surface area contributed by atoms with E-state index in [1.54, 1.807) is 12.1 Å². The predicted molar refractivity (Wildman–Crippen MR) is 93.9 cm³/mol. The van der Waals surface area contributed by atoms with Crippen LogP contribution in [0.4, 0.5) is 0 Å². The van der Waals surface area contributed by atoms with Gasteiger partial charge in [0.05, 0.1) is 10.0 Å². The topological polar surface area (TPSA) is 63.0 Å². The Balaban J connectivity index is 1.56. The summed E-state index contributed by atoms with van der Waals surface area (Å²) in [7, 11) is 0. The van der Waals surface area contributed by atoms with E-state index in [-0.39, 0.29) is 11.7 Å². The Bertz CT molecular complexity index is 755. The van der Waals surface area contributed by atoms with Crippen molar-refractivity contribution in [1.29, 1.82) is 0 Å². The van der Waals surface area contributed by atoms with Crippen molar-refractivity contribution in [2.24, 2.45) is 5.92 Å². The van der Waals surface area contributed by atoms with Crippen molar-refractivity contribution in [3.05, 3.63) is 39.4 Å². The van der Waals surface area contributed by atoms with Crippen molar-refractivity contribution in [2.75, 3.05) is 13.1 Å². The third-order valence-electron chi connectivity index (χ3n) is 5.18. The van der Waals surface area contributed by atoms with Gasteiger partial charge in [-0.1, -0.05) is 23.2 Å². The first-order chi connectivity index (χ1) is 11.6. The van der Waals surface area contributed by atoms with Crippen molar-refractivity contribution < 1.29 is 5.11 Å². The molecular formula is C17H20Cl2N4O. The first kappa shape index (κ1) is 16.2. The minimum absolute atomic E-state index is 0.0912. The van der Waals surface area contributed by atoms with Gasteiger partial charge in [0.25, 0.3) is 0 Å². The Morgan fingerprint density at radius 2 is 2.00 bits per heavy atom. The maximum Gasteiger partial charge on any atom is 0.133 e. The van der Waals surface area contributed by atoms with Crippen LogP contribution < -0.4 is 5.32 Å². The lowest BCUT2D eigenvalue weighted by Gasteiger charge is -2.22.